The number of phenolic OH excluding ortho intramolecular Hbond substituents is 2. The molecule has 6 N–H and O–H groups in total. The molecular weight excluding hydrogens is 1150 g/mol. The fraction of sp³-hybridized carbons (Fsp3) is 0.487. The highest BCUT2D eigenvalue weighted by Crippen LogP contribution is 2.46. The average molecular weight is 1250 g/mol. The van der Waals surface area contributed by atoms with Crippen molar-refractivity contribution in [2.24, 2.45) is 0 Å². The Bertz CT molecular complexity index is 3830. The highest BCUT2D eigenvalue weighted by Gasteiger charge is 2.32. The zero-order chi connectivity index (χ0) is 67.2. The molecule has 14 heteroatoms. The predicted octanol–water partition coefficient (Wildman–Crippen LogP) is 12.7. The van der Waals surface area contributed by atoms with E-state index in [1.54, 1.807) is 0 Å². The van der Waals surface area contributed by atoms with Gasteiger partial charge in [-0.15, -0.1) is 0 Å². The molecule has 0 unspecified atom stereocenters. The van der Waals surface area contributed by atoms with Crippen LogP contribution in [0.5, 0.6) is 34.5 Å². The van der Waals surface area contributed by atoms with Gasteiger partial charge >= 0.3 is 0 Å². The van der Waals surface area contributed by atoms with Gasteiger partial charge in [0, 0.05) is 64.7 Å². The maximum atomic E-state index is 14.1. The van der Waals surface area contributed by atoms with Crippen LogP contribution in [0.15, 0.2) is 72.8 Å². The molecule has 0 aromatic heterocycles. The van der Waals surface area contributed by atoms with E-state index < -0.39 is 33.5 Å². The van der Waals surface area contributed by atoms with Crippen LogP contribution in [0, 0.1) is 0 Å². The Morgan fingerprint density at radius 3 is 0.554 bits per heavy atom. The molecule has 4 amide bonds. The molecule has 0 atom stereocenters. The third-order valence-corrected chi connectivity index (χ3v) is 17.9. The first-order chi connectivity index (χ1) is 42.8. The van der Waals surface area contributed by atoms with Gasteiger partial charge in [0.2, 0.25) is 0 Å². The van der Waals surface area contributed by atoms with Crippen molar-refractivity contribution < 1.29 is 48.3 Å². The number of phenols is 2. The third-order valence-electron chi connectivity index (χ3n) is 17.9. The van der Waals surface area contributed by atoms with Gasteiger partial charge in [-0.25, -0.2) is 0 Å². The van der Waals surface area contributed by atoms with Crippen molar-refractivity contribution in [2.75, 3.05) is 52.6 Å². The molecule has 92 heavy (non-hydrogen) atoms. The van der Waals surface area contributed by atoms with Crippen molar-refractivity contribution in [3.05, 3.63) is 173 Å². The molecule has 0 saturated carbocycles. The van der Waals surface area contributed by atoms with Crippen molar-refractivity contribution in [1.82, 2.24) is 21.3 Å². The van der Waals surface area contributed by atoms with Crippen molar-refractivity contribution in [2.45, 2.75) is 196 Å². The van der Waals surface area contributed by atoms with Gasteiger partial charge in [0.1, 0.15) is 34.5 Å². The highest BCUT2D eigenvalue weighted by atomic mass is 16.5. The van der Waals surface area contributed by atoms with Gasteiger partial charge in [0.05, 0.1) is 0 Å². The van der Waals surface area contributed by atoms with E-state index in [0.29, 0.717) is 45.3 Å². The first-order valence-electron chi connectivity index (χ1n) is 32.7. The van der Waals surface area contributed by atoms with Gasteiger partial charge in [-0.2, -0.15) is 0 Å². The van der Waals surface area contributed by atoms with Crippen LogP contribution in [-0.4, -0.2) is 86.4 Å². The third kappa shape index (κ3) is 16.2. The molecular formula is C78H100N4O10. The quantitative estimate of drug-likeness (QED) is 0.0851. The normalized spacial score (nSPS) is 16.2. The second-order valence-corrected chi connectivity index (χ2v) is 31.9. The Hall–Kier alpha value is -8.00. The minimum atomic E-state index is -0.409. The van der Waals surface area contributed by atoms with Gasteiger partial charge in [-0.1, -0.05) is 197 Å². The molecule has 1 aliphatic carbocycles. The van der Waals surface area contributed by atoms with Gasteiger partial charge in [-0.05, 0) is 133 Å². The summed E-state index contributed by atoms with van der Waals surface area (Å²) in [6.45, 7) is 38.0. The van der Waals surface area contributed by atoms with Crippen LogP contribution in [-0.2, 0) is 90.2 Å². The van der Waals surface area contributed by atoms with Crippen LogP contribution in [0.1, 0.15) is 225 Å². The van der Waals surface area contributed by atoms with Gasteiger partial charge < -0.3 is 50.4 Å². The fourth-order valence-electron chi connectivity index (χ4n) is 12.3. The summed E-state index contributed by atoms with van der Waals surface area (Å²) in [4.78, 5) is 56.0. The molecule has 6 aromatic rings. The molecule has 3 aliphatic rings. The highest BCUT2D eigenvalue weighted by molar-refractivity contribution is 5.80. The maximum Gasteiger partial charge on any atom is 0.258 e. The number of carbonyl (C=O) groups is 4. The van der Waals surface area contributed by atoms with Crippen molar-refractivity contribution in [3.8, 4) is 34.5 Å². The summed E-state index contributed by atoms with van der Waals surface area (Å²) >= 11 is 0. The number of fused-ring (bicyclic) bond motifs is 2. The lowest BCUT2D eigenvalue weighted by Gasteiger charge is -2.28. The summed E-state index contributed by atoms with van der Waals surface area (Å²) < 4.78 is 27.6. The van der Waals surface area contributed by atoms with E-state index in [4.69, 9.17) is 18.9 Å². The second kappa shape index (κ2) is 26.2. The number of amides is 4. The molecule has 0 saturated heterocycles. The number of ether oxygens (including phenoxy) is 4. The standard InChI is InChI=1S/C78H100N4O10/c1-73(2,3)57-29-45-23-49-33-59(75(7,8)9)34-50-24-46-30-58(74(4,5)6)32-48(68(46)88)26-52-36-61(77(13,14)15)38-54-28-56-40-62(78(16,17)18)39-55(72(56)92-44-66(86)82-22-21-81-65(85)43-91-71(52)54)27-53-37-60(76(10,11)12)35-51(25-47(31-57)67(45)87)70(53)90-42-64(84)80-20-19-79-63(83)41-89-69(49)50/h29-40,87-88H,19-28,41-44H2,1-18H3,(H,79,83)(H,80,84)(H,81,85)(H,82,86). The summed E-state index contributed by atoms with van der Waals surface area (Å²) in [5, 5.41) is 38.1. The zero-order valence-electron chi connectivity index (χ0n) is 58.0. The van der Waals surface area contributed by atoms with Gasteiger partial charge in [0.25, 0.3) is 23.6 Å². The topological polar surface area (TPSA) is 194 Å². The van der Waals surface area contributed by atoms with Crippen LogP contribution in [0.2, 0.25) is 0 Å². The number of hydrogen-bond acceptors (Lipinski definition) is 10. The van der Waals surface area contributed by atoms with Crippen molar-refractivity contribution in [1.29, 1.82) is 0 Å². The molecule has 2 heterocycles. The SMILES string of the molecule is CC(C)(C)c1cc2c(O)c(c1)Cc1cc(C(C)(C)C)cc3c1OCC(=O)NCCNC(=O)COc1c(cc(C(C)(C)C)cc1Cc1cc(C(C)(C)C)cc(c1O)Cc1cc(C(C)(C)C)cc4c1OCC(=O)NCCNC(=O)COc1c(cc(C(C)(C)C)cc1C4)C3)C2. The summed E-state index contributed by atoms with van der Waals surface area (Å²) in [5.41, 5.74) is 12.3. The molecule has 0 spiro atoms. The Labute approximate surface area is 546 Å². The summed E-state index contributed by atoms with van der Waals surface area (Å²) in [6.07, 6.45) is 1.30. The lowest BCUT2D eigenvalue weighted by molar-refractivity contribution is -0.124. The number of hydrogen-bond donors (Lipinski definition) is 6. The van der Waals surface area contributed by atoms with E-state index in [-0.39, 0.29) is 125 Å². The van der Waals surface area contributed by atoms with Gasteiger partial charge in [-0.3, -0.25) is 19.2 Å². The van der Waals surface area contributed by atoms with Crippen LogP contribution < -0.4 is 40.2 Å². The predicted molar refractivity (Wildman–Crippen MR) is 365 cm³/mol. The molecule has 0 fully saturated rings. The first-order valence-corrected chi connectivity index (χ1v) is 32.7. The van der Waals surface area contributed by atoms with Crippen molar-refractivity contribution >= 4 is 23.6 Å². The van der Waals surface area contributed by atoms with E-state index >= 15 is 0 Å². The number of rotatable bonds is 0. The number of aromatic hydroxyl groups is 2. The molecule has 16 bridgehead atoms. The molecule has 6 aromatic carbocycles. The fourth-order valence-corrected chi connectivity index (χ4v) is 12.3. The largest absolute Gasteiger partial charge is 0.507 e. The van der Waals surface area contributed by atoms with Crippen LogP contribution in [0.4, 0.5) is 0 Å². The van der Waals surface area contributed by atoms with Crippen LogP contribution >= 0.6 is 0 Å². The maximum absolute atomic E-state index is 14.1. The van der Waals surface area contributed by atoms with Crippen LogP contribution in [0.25, 0.3) is 0 Å². The second-order valence-electron chi connectivity index (χ2n) is 31.9. The Morgan fingerprint density at radius 1 is 0.261 bits per heavy atom. The molecule has 492 valence electrons. The monoisotopic (exact) mass is 1250 g/mol. The minimum Gasteiger partial charge on any atom is -0.507 e. The van der Waals surface area contributed by atoms with Crippen molar-refractivity contribution in [3.63, 3.8) is 0 Å². The lowest BCUT2D eigenvalue weighted by atomic mass is 9.79. The van der Waals surface area contributed by atoms with Crippen LogP contribution in [0.3, 0.4) is 0 Å². The Morgan fingerprint density at radius 2 is 0.402 bits per heavy atom. The van der Waals surface area contributed by atoms with E-state index in [1.807, 2.05) is 0 Å². The van der Waals surface area contributed by atoms with E-state index in [2.05, 4.69) is 219 Å². The molecule has 14 nitrogen and oxygen atoms in total. The minimum absolute atomic E-state index is 0.0831. The first kappa shape index (κ1) is 68.4. The van der Waals surface area contributed by atoms with E-state index in [0.717, 1.165) is 77.9 Å². The van der Waals surface area contributed by atoms with E-state index in [1.165, 1.54) is 0 Å². The summed E-state index contributed by atoms with van der Waals surface area (Å²) in [5.74, 6) is 0.560. The Kier molecular flexibility index (Phi) is 19.5. The molecule has 2 aliphatic heterocycles. The average Bonchev–Trinajstić information content (AvgIpc) is 0.798. The smallest absolute Gasteiger partial charge is 0.258 e. The lowest BCUT2D eigenvalue weighted by Crippen LogP contribution is -2.38. The van der Waals surface area contributed by atoms with E-state index in [9.17, 15) is 29.4 Å². The zero-order valence-corrected chi connectivity index (χ0v) is 58.0. The summed E-state index contributed by atoms with van der Waals surface area (Å²) in [7, 11) is 0. The number of benzene rings is 6. The summed E-state index contributed by atoms with van der Waals surface area (Å²) in [6, 6.07) is 25.4. The molecule has 0 radical (unpaired) electrons. The number of nitrogens with one attached hydrogen (secondary N) is 4. The molecule has 9 rings (SSSR count). The number of carbonyl (C=O) groups excluding carboxylic acids is 4. The van der Waals surface area contributed by atoms with Gasteiger partial charge in [0.15, 0.2) is 26.4 Å². The Balaban J connectivity index is 1.47.